The molecule has 0 radical (unpaired) electrons. The maximum Gasteiger partial charge on any atom is 0.196 e. The summed E-state index contributed by atoms with van der Waals surface area (Å²) >= 11 is 0. The van der Waals surface area contributed by atoms with Crippen LogP contribution < -0.4 is 5.90 Å². The van der Waals surface area contributed by atoms with Gasteiger partial charge in [-0.1, -0.05) is 13.8 Å². The van der Waals surface area contributed by atoms with Gasteiger partial charge in [0.05, 0.1) is 0 Å². The second-order valence-corrected chi connectivity index (χ2v) is 2.00. The molecular formula is C5H12N2O. The lowest BCUT2D eigenvalue weighted by Gasteiger charge is -1.94. The highest BCUT2D eigenvalue weighted by Crippen LogP contribution is 1.89. The Morgan fingerprint density at radius 3 is 2.75 bits per heavy atom. The number of nitrogens with two attached hydrogens (primary N) is 1. The highest BCUT2D eigenvalue weighted by Gasteiger charge is 1.85. The van der Waals surface area contributed by atoms with Crippen LogP contribution in [0.4, 0.5) is 0 Å². The van der Waals surface area contributed by atoms with Crippen molar-refractivity contribution in [3.8, 4) is 0 Å². The lowest BCUT2D eigenvalue weighted by Crippen LogP contribution is -1.98. The van der Waals surface area contributed by atoms with E-state index < -0.39 is 0 Å². The average Bonchev–Trinajstić information content (AvgIpc) is 1.66. The normalized spacial score (nSPS) is 11.0. The van der Waals surface area contributed by atoms with Gasteiger partial charge in [0.15, 0.2) is 6.40 Å². The average molecular weight is 116 g/mol. The van der Waals surface area contributed by atoms with E-state index in [1.807, 2.05) is 0 Å². The number of nitrogens with zero attached hydrogens (tertiary/aromatic N) is 1. The SMILES string of the molecule is CC(C)C/N=C\ON. The minimum atomic E-state index is 0.571. The van der Waals surface area contributed by atoms with Crippen molar-refractivity contribution in [2.75, 3.05) is 6.54 Å². The fourth-order valence-electron chi connectivity index (χ4n) is 0.297. The fraction of sp³-hybridized carbons (Fsp3) is 0.800. The van der Waals surface area contributed by atoms with Crippen molar-refractivity contribution >= 4 is 6.40 Å². The van der Waals surface area contributed by atoms with Crippen molar-refractivity contribution in [3.05, 3.63) is 0 Å². The van der Waals surface area contributed by atoms with Crippen LogP contribution >= 0.6 is 0 Å². The van der Waals surface area contributed by atoms with Gasteiger partial charge < -0.3 is 4.84 Å². The molecule has 3 nitrogen and oxygen atoms in total. The van der Waals surface area contributed by atoms with E-state index in [-0.39, 0.29) is 0 Å². The first-order valence-corrected chi connectivity index (χ1v) is 2.61. The van der Waals surface area contributed by atoms with Gasteiger partial charge in [0.2, 0.25) is 0 Å². The molecule has 0 aromatic carbocycles. The van der Waals surface area contributed by atoms with Crippen LogP contribution in [-0.2, 0) is 4.84 Å². The molecule has 0 bridgehead atoms. The number of aliphatic imine (C=N–C) groups is 1. The summed E-state index contributed by atoms with van der Waals surface area (Å²) in [4.78, 5) is 7.92. The van der Waals surface area contributed by atoms with Gasteiger partial charge in [-0.3, -0.25) is 4.99 Å². The zero-order chi connectivity index (χ0) is 6.41. The Morgan fingerprint density at radius 1 is 1.75 bits per heavy atom. The molecule has 0 aliphatic carbocycles. The van der Waals surface area contributed by atoms with Crippen LogP contribution in [0.25, 0.3) is 0 Å². The molecule has 8 heavy (non-hydrogen) atoms. The van der Waals surface area contributed by atoms with E-state index in [4.69, 9.17) is 0 Å². The van der Waals surface area contributed by atoms with Crippen molar-refractivity contribution in [1.82, 2.24) is 0 Å². The summed E-state index contributed by atoms with van der Waals surface area (Å²) in [5.41, 5.74) is 0. The van der Waals surface area contributed by atoms with Gasteiger partial charge in [0.1, 0.15) is 0 Å². The topological polar surface area (TPSA) is 47.6 Å². The van der Waals surface area contributed by atoms with E-state index in [1.54, 1.807) is 0 Å². The Morgan fingerprint density at radius 2 is 2.38 bits per heavy atom. The monoisotopic (exact) mass is 116 g/mol. The van der Waals surface area contributed by atoms with E-state index in [9.17, 15) is 0 Å². The molecule has 0 fully saturated rings. The maximum atomic E-state index is 4.67. The standard InChI is InChI=1S/C5H12N2O/c1-5(2)3-7-4-8-6/h4-5H,3,6H2,1-2H3/b7-4-. The Bertz CT molecular complexity index is 70.8. The summed E-state index contributed by atoms with van der Waals surface area (Å²) in [7, 11) is 0. The first-order chi connectivity index (χ1) is 3.77. The number of hydrogen-bond donors (Lipinski definition) is 1. The maximum absolute atomic E-state index is 4.67. The molecular weight excluding hydrogens is 104 g/mol. The van der Waals surface area contributed by atoms with Crippen LogP contribution in [0.2, 0.25) is 0 Å². The molecule has 3 heteroatoms. The van der Waals surface area contributed by atoms with Crippen molar-refractivity contribution in [2.24, 2.45) is 16.8 Å². The first-order valence-electron chi connectivity index (χ1n) is 2.61. The minimum absolute atomic E-state index is 0.571. The summed E-state index contributed by atoms with van der Waals surface area (Å²) in [5, 5.41) is 0. The van der Waals surface area contributed by atoms with Crippen molar-refractivity contribution < 1.29 is 4.84 Å². The fourth-order valence-corrected chi connectivity index (χ4v) is 0.297. The zero-order valence-corrected chi connectivity index (χ0v) is 5.29. The Kier molecular flexibility index (Phi) is 4.26. The van der Waals surface area contributed by atoms with Gasteiger partial charge in [-0.05, 0) is 5.92 Å². The van der Waals surface area contributed by atoms with Crippen molar-refractivity contribution in [2.45, 2.75) is 13.8 Å². The molecule has 0 atom stereocenters. The van der Waals surface area contributed by atoms with E-state index in [0.29, 0.717) is 5.92 Å². The Hall–Kier alpha value is -0.570. The van der Waals surface area contributed by atoms with E-state index >= 15 is 0 Å². The molecule has 48 valence electrons. The van der Waals surface area contributed by atoms with Crippen molar-refractivity contribution in [3.63, 3.8) is 0 Å². The molecule has 0 aliphatic rings. The van der Waals surface area contributed by atoms with Crippen LogP contribution in [-0.4, -0.2) is 12.9 Å². The summed E-state index contributed by atoms with van der Waals surface area (Å²) in [6.07, 6.45) is 1.25. The Labute approximate surface area is 49.5 Å². The predicted octanol–water partition coefficient (Wildman–Crippen LogP) is 0.561. The molecule has 0 aromatic heterocycles. The van der Waals surface area contributed by atoms with Gasteiger partial charge in [-0.2, -0.15) is 5.90 Å². The highest BCUT2D eigenvalue weighted by atomic mass is 16.6. The molecule has 0 heterocycles. The zero-order valence-electron chi connectivity index (χ0n) is 5.29. The van der Waals surface area contributed by atoms with Crippen LogP contribution in [0.1, 0.15) is 13.8 Å². The summed E-state index contributed by atoms with van der Waals surface area (Å²) < 4.78 is 0. The van der Waals surface area contributed by atoms with E-state index in [0.717, 1.165) is 6.54 Å². The highest BCUT2D eigenvalue weighted by molar-refractivity contribution is 5.45. The van der Waals surface area contributed by atoms with Gasteiger partial charge in [-0.15, -0.1) is 0 Å². The van der Waals surface area contributed by atoms with E-state index in [2.05, 4.69) is 29.6 Å². The largest absolute Gasteiger partial charge is 0.400 e. The molecule has 0 aromatic rings. The second kappa shape index (κ2) is 4.59. The smallest absolute Gasteiger partial charge is 0.196 e. The third-order valence-corrected chi connectivity index (χ3v) is 0.606. The van der Waals surface area contributed by atoms with Gasteiger partial charge in [0, 0.05) is 6.54 Å². The van der Waals surface area contributed by atoms with Gasteiger partial charge in [-0.25, -0.2) is 0 Å². The first kappa shape index (κ1) is 7.43. The minimum Gasteiger partial charge on any atom is -0.400 e. The van der Waals surface area contributed by atoms with Crippen LogP contribution in [0, 0.1) is 5.92 Å². The van der Waals surface area contributed by atoms with Crippen LogP contribution in [0.3, 0.4) is 0 Å². The quantitative estimate of drug-likeness (QED) is 0.333. The lowest BCUT2D eigenvalue weighted by molar-refractivity contribution is 0.335. The van der Waals surface area contributed by atoms with Crippen LogP contribution in [0.15, 0.2) is 4.99 Å². The molecule has 0 saturated heterocycles. The summed E-state index contributed by atoms with van der Waals surface area (Å²) in [5.74, 6) is 5.24. The van der Waals surface area contributed by atoms with Crippen molar-refractivity contribution in [1.29, 1.82) is 0 Å². The lowest BCUT2D eigenvalue weighted by atomic mass is 10.2. The molecule has 0 rings (SSSR count). The molecule has 0 aliphatic heterocycles. The molecule has 0 amide bonds. The molecule has 0 spiro atoms. The number of rotatable bonds is 3. The van der Waals surface area contributed by atoms with Gasteiger partial charge in [0.25, 0.3) is 0 Å². The van der Waals surface area contributed by atoms with Crippen LogP contribution in [0.5, 0.6) is 0 Å². The third-order valence-electron chi connectivity index (χ3n) is 0.606. The van der Waals surface area contributed by atoms with E-state index in [1.165, 1.54) is 6.40 Å². The third kappa shape index (κ3) is 5.43. The second-order valence-electron chi connectivity index (χ2n) is 2.00. The van der Waals surface area contributed by atoms with Gasteiger partial charge >= 0.3 is 0 Å². The summed E-state index contributed by atoms with van der Waals surface area (Å²) in [6.45, 7) is 4.93. The molecule has 2 N–H and O–H groups in total. The molecule has 0 unspecified atom stereocenters. The Balaban J connectivity index is 3.03. The molecule has 0 saturated carbocycles. The summed E-state index contributed by atoms with van der Waals surface area (Å²) in [6, 6.07) is 0. The number of hydrogen-bond acceptors (Lipinski definition) is 3. The predicted molar refractivity (Wildman–Crippen MR) is 33.5 cm³/mol.